The van der Waals surface area contributed by atoms with Crippen molar-refractivity contribution in [2.75, 3.05) is 20.3 Å². The summed E-state index contributed by atoms with van der Waals surface area (Å²) in [5.41, 5.74) is 1.70. The van der Waals surface area contributed by atoms with Crippen LogP contribution in [0, 0.1) is 0 Å². The van der Waals surface area contributed by atoms with Gasteiger partial charge in [0.2, 0.25) is 10.0 Å². The summed E-state index contributed by atoms with van der Waals surface area (Å²) in [5, 5.41) is 3.40. The lowest BCUT2D eigenvalue weighted by Crippen LogP contribution is -2.37. The number of sulfonamides is 1. The van der Waals surface area contributed by atoms with Crippen LogP contribution in [0.3, 0.4) is 0 Å². The minimum atomic E-state index is -3.93. The molecule has 0 aromatic heterocycles. The highest BCUT2D eigenvalue weighted by atomic mass is 35.5. The molecule has 0 bridgehead atoms. The van der Waals surface area contributed by atoms with Crippen LogP contribution in [0.1, 0.15) is 45.6 Å². The Balaban J connectivity index is 2.60. The summed E-state index contributed by atoms with van der Waals surface area (Å²) in [7, 11) is -2.38. The summed E-state index contributed by atoms with van der Waals surface area (Å²) in [4.78, 5) is 13.0. The normalized spacial score (nSPS) is 17.4. The number of carbonyl (C=O) groups is 1. The number of dihydropyridines is 1. The molecule has 1 aromatic carbocycles. The molecular weight excluding hydrogens is 428 g/mol. The molecule has 0 aliphatic carbocycles. The summed E-state index contributed by atoms with van der Waals surface area (Å²) >= 11 is 6.44. The van der Waals surface area contributed by atoms with Crippen molar-refractivity contribution in [3.8, 4) is 0 Å². The Hall–Kier alpha value is -1.87. The molecule has 0 fully saturated rings. The number of nitrogens with one attached hydrogen (secondary N) is 2. The molecule has 1 heterocycles. The van der Waals surface area contributed by atoms with Crippen LogP contribution in [-0.4, -0.2) is 40.8 Å². The first kappa shape index (κ1) is 24.4. The van der Waals surface area contributed by atoms with Gasteiger partial charge in [0.1, 0.15) is 0 Å². The number of carbonyl (C=O) groups excluding carboxylic acids is 1. The topological polar surface area (TPSA) is 93.7 Å². The predicted molar refractivity (Wildman–Crippen MR) is 117 cm³/mol. The number of hydrogen-bond acceptors (Lipinski definition) is 6. The minimum Gasteiger partial charge on any atom is -0.460 e. The molecule has 2 rings (SSSR count). The van der Waals surface area contributed by atoms with E-state index in [9.17, 15) is 13.2 Å². The molecule has 0 amide bonds. The summed E-state index contributed by atoms with van der Waals surface area (Å²) in [6.45, 7) is 7.50. The Morgan fingerprint density at radius 2 is 1.90 bits per heavy atom. The first-order valence-corrected chi connectivity index (χ1v) is 11.6. The van der Waals surface area contributed by atoms with Gasteiger partial charge in [0.15, 0.2) is 0 Å². The highest BCUT2D eigenvalue weighted by Gasteiger charge is 2.40. The Morgan fingerprint density at radius 3 is 2.50 bits per heavy atom. The molecular formula is C21H29ClN2O5S. The summed E-state index contributed by atoms with van der Waals surface area (Å²) < 4.78 is 39.6. The maximum atomic E-state index is 13.3. The molecule has 1 atom stereocenters. The van der Waals surface area contributed by atoms with Crippen molar-refractivity contribution in [1.82, 2.24) is 10.0 Å². The van der Waals surface area contributed by atoms with E-state index in [1.165, 1.54) is 0 Å². The molecule has 166 valence electrons. The van der Waals surface area contributed by atoms with E-state index in [4.69, 9.17) is 21.1 Å². The van der Waals surface area contributed by atoms with E-state index in [0.717, 1.165) is 0 Å². The largest absolute Gasteiger partial charge is 0.460 e. The smallest absolute Gasteiger partial charge is 0.337 e. The van der Waals surface area contributed by atoms with Gasteiger partial charge in [-0.25, -0.2) is 17.9 Å². The van der Waals surface area contributed by atoms with Gasteiger partial charge in [0.25, 0.3) is 0 Å². The number of rotatable bonds is 9. The van der Waals surface area contributed by atoms with E-state index in [-0.39, 0.29) is 23.1 Å². The van der Waals surface area contributed by atoms with Crippen LogP contribution in [0.25, 0.3) is 0 Å². The van der Waals surface area contributed by atoms with Crippen LogP contribution >= 0.6 is 11.6 Å². The fourth-order valence-corrected chi connectivity index (χ4v) is 5.21. The van der Waals surface area contributed by atoms with Crippen molar-refractivity contribution in [2.24, 2.45) is 0 Å². The lowest BCUT2D eigenvalue weighted by atomic mass is 9.86. The summed E-state index contributed by atoms with van der Waals surface area (Å²) in [6, 6.07) is 6.91. The van der Waals surface area contributed by atoms with Crippen molar-refractivity contribution in [3.05, 3.63) is 56.7 Å². The van der Waals surface area contributed by atoms with E-state index in [1.54, 1.807) is 59.1 Å². The van der Waals surface area contributed by atoms with Gasteiger partial charge in [-0.2, -0.15) is 0 Å². The van der Waals surface area contributed by atoms with Crippen molar-refractivity contribution in [3.63, 3.8) is 0 Å². The molecule has 7 nitrogen and oxygen atoms in total. The second kappa shape index (κ2) is 10.4. The molecule has 1 aliphatic heterocycles. The molecule has 1 aromatic rings. The summed E-state index contributed by atoms with van der Waals surface area (Å²) in [6.07, 6.45) is 0.160. The Bertz CT molecular complexity index is 954. The van der Waals surface area contributed by atoms with Crippen molar-refractivity contribution >= 4 is 27.6 Å². The molecule has 1 aliphatic rings. The van der Waals surface area contributed by atoms with Crippen LogP contribution in [0.4, 0.5) is 0 Å². The highest BCUT2D eigenvalue weighted by Crippen LogP contribution is 2.43. The monoisotopic (exact) mass is 456 g/mol. The van der Waals surface area contributed by atoms with Crippen LogP contribution in [-0.2, 0) is 24.3 Å². The van der Waals surface area contributed by atoms with E-state index >= 15 is 0 Å². The quantitative estimate of drug-likeness (QED) is 0.436. The third-order valence-electron chi connectivity index (χ3n) is 4.59. The van der Waals surface area contributed by atoms with Gasteiger partial charge in [0, 0.05) is 36.7 Å². The number of benzene rings is 1. The second-order valence-corrected chi connectivity index (χ2v) is 9.45. The number of methoxy groups -OCH3 is 1. The number of esters is 1. The Labute approximate surface area is 183 Å². The second-order valence-electron chi connectivity index (χ2n) is 7.31. The minimum absolute atomic E-state index is 0.0503. The molecule has 30 heavy (non-hydrogen) atoms. The van der Waals surface area contributed by atoms with Crippen LogP contribution in [0.5, 0.6) is 0 Å². The number of halogens is 1. The highest BCUT2D eigenvalue weighted by molar-refractivity contribution is 7.93. The molecule has 0 radical (unpaired) electrons. The van der Waals surface area contributed by atoms with Gasteiger partial charge in [-0.3, -0.25) is 0 Å². The van der Waals surface area contributed by atoms with Gasteiger partial charge in [-0.1, -0.05) is 29.8 Å². The van der Waals surface area contributed by atoms with E-state index < -0.39 is 21.9 Å². The van der Waals surface area contributed by atoms with E-state index in [0.29, 0.717) is 35.0 Å². The zero-order valence-electron chi connectivity index (χ0n) is 17.9. The molecule has 9 heteroatoms. The van der Waals surface area contributed by atoms with Gasteiger partial charge in [-0.05, 0) is 45.7 Å². The predicted octanol–water partition coefficient (Wildman–Crippen LogP) is 3.44. The fourth-order valence-electron chi connectivity index (χ4n) is 3.39. The van der Waals surface area contributed by atoms with Crippen molar-refractivity contribution < 1.29 is 22.7 Å². The van der Waals surface area contributed by atoms with Crippen molar-refractivity contribution in [1.29, 1.82) is 0 Å². The fraction of sp³-hybridized carbons (Fsp3) is 0.476. The van der Waals surface area contributed by atoms with Crippen LogP contribution < -0.4 is 10.0 Å². The lowest BCUT2D eigenvalue weighted by Gasteiger charge is -2.32. The van der Waals surface area contributed by atoms with E-state index in [2.05, 4.69) is 10.0 Å². The molecule has 0 saturated heterocycles. The number of ether oxygens (including phenoxy) is 2. The first-order chi connectivity index (χ1) is 14.1. The van der Waals surface area contributed by atoms with Gasteiger partial charge in [-0.15, -0.1) is 0 Å². The number of allylic oxidation sites excluding steroid dienone is 3. The third-order valence-corrected chi connectivity index (χ3v) is 6.63. The average molecular weight is 457 g/mol. The standard InChI is InChI=1S/C21H29ClN2O5S/c1-13(2)29-21(25)18-14(3)24-15(4)20(30(26,27)23-11-8-12-28-5)19(18)16-9-6-7-10-17(16)22/h6-7,9-10,13,19,23-24H,8,11-12H2,1-5H3. The first-order valence-electron chi connectivity index (χ1n) is 9.72. The lowest BCUT2D eigenvalue weighted by molar-refractivity contribution is -0.143. The van der Waals surface area contributed by atoms with Crippen LogP contribution in [0.15, 0.2) is 46.1 Å². The zero-order chi connectivity index (χ0) is 22.5. The molecule has 2 N–H and O–H groups in total. The molecule has 1 unspecified atom stereocenters. The van der Waals surface area contributed by atoms with Crippen molar-refractivity contribution in [2.45, 2.75) is 46.1 Å². The SMILES string of the molecule is COCCCNS(=O)(=O)C1=C(C)NC(C)=C(C(=O)OC(C)C)C1c1ccccc1Cl. The van der Waals surface area contributed by atoms with E-state index in [1.807, 2.05) is 0 Å². The van der Waals surface area contributed by atoms with Gasteiger partial charge < -0.3 is 14.8 Å². The zero-order valence-corrected chi connectivity index (χ0v) is 19.5. The van der Waals surface area contributed by atoms with Gasteiger partial charge in [0.05, 0.1) is 22.5 Å². The third kappa shape index (κ3) is 5.63. The van der Waals surface area contributed by atoms with Crippen LogP contribution in [0.2, 0.25) is 5.02 Å². The Kier molecular flexibility index (Phi) is 8.49. The average Bonchev–Trinajstić information content (AvgIpc) is 2.64. The Morgan fingerprint density at radius 1 is 1.23 bits per heavy atom. The molecule has 0 spiro atoms. The summed E-state index contributed by atoms with van der Waals surface area (Å²) in [5.74, 6) is -1.48. The maximum Gasteiger partial charge on any atom is 0.337 e. The van der Waals surface area contributed by atoms with Gasteiger partial charge >= 0.3 is 5.97 Å². The molecule has 0 saturated carbocycles. The number of hydrogen-bond donors (Lipinski definition) is 2. The maximum absolute atomic E-state index is 13.3.